The van der Waals surface area contributed by atoms with E-state index in [0.29, 0.717) is 5.92 Å². The number of hydrogen-bond donors (Lipinski definition) is 2. The highest BCUT2D eigenvalue weighted by Crippen LogP contribution is 2.41. The first-order chi connectivity index (χ1) is 10.5. The summed E-state index contributed by atoms with van der Waals surface area (Å²) in [5, 5.41) is 13.7. The summed E-state index contributed by atoms with van der Waals surface area (Å²) in [5.41, 5.74) is 0. The van der Waals surface area contributed by atoms with Crippen LogP contribution in [-0.4, -0.2) is 37.6 Å². The van der Waals surface area contributed by atoms with Crippen molar-refractivity contribution in [1.29, 1.82) is 0 Å². The second kappa shape index (κ2) is 6.49. The lowest BCUT2D eigenvalue weighted by atomic mass is 9.68. The molecule has 23 heavy (non-hydrogen) atoms. The Balaban J connectivity index is 2.07. The maximum absolute atomic E-state index is 12.2. The number of amides is 1. The molecule has 2 fully saturated rings. The van der Waals surface area contributed by atoms with Crippen molar-refractivity contribution in [3.05, 3.63) is 0 Å². The third-order valence-corrected chi connectivity index (χ3v) is 11.0. The Hall–Kier alpha value is -0.393. The van der Waals surface area contributed by atoms with Crippen LogP contribution in [-0.2, 0) is 9.22 Å². The number of aliphatic hydroxyl groups is 1. The quantitative estimate of drug-likeness (QED) is 0.609. The van der Waals surface area contributed by atoms with Crippen LogP contribution in [0.5, 0.6) is 0 Å². The van der Waals surface area contributed by atoms with Gasteiger partial charge in [0.1, 0.15) is 0 Å². The second-order valence-electron chi connectivity index (χ2n) is 9.21. The topological polar surface area (TPSA) is 58.6 Å². The van der Waals surface area contributed by atoms with Crippen LogP contribution in [0.4, 0.5) is 0 Å². The lowest BCUT2D eigenvalue weighted by molar-refractivity contribution is -0.146. The van der Waals surface area contributed by atoms with Crippen molar-refractivity contribution in [1.82, 2.24) is 5.32 Å². The minimum atomic E-state index is -1.89. The van der Waals surface area contributed by atoms with Crippen LogP contribution in [0.3, 0.4) is 0 Å². The fourth-order valence-corrected chi connectivity index (χ4v) is 5.27. The third kappa shape index (κ3) is 3.66. The van der Waals surface area contributed by atoms with E-state index in [1.165, 1.54) is 0 Å². The van der Waals surface area contributed by atoms with Crippen LogP contribution in [0.1, 0.15) is 53.9 Å². The molecule has 2 N–H and O–H groups in total. The molecule has 2 aliphatic rings. The zero-order valence-electron chi connectivity index (χ0n) is 15.8. The molecular weight excluding hydrogens is 306 g/mol. The van der Waals surface area contributed by atoms with Gasteiger partial charge in [-0.3, -0.25) is 4.79 Å². The lowest BCUT2D eigenvalue weighted by Crippen LogP contribution is -2.68. The highest BCUT2D eigenvalue weighted by atomic mass is 28.4. The SMILES string of the molecule is C[C@H]1CCC[C@H]([C@H]2NC(=O)[C@@H]2[C@@H](C)O[Si](C)(C)C(C)(C)C)[C@@H]1O. The van der Waals surface area contributed by atoms with Gasteiger partial charge in [-0.25, -0.2) is 0 Å². The third-order valence-electron chi connectivity index (χ3n) is 6.47. The summed E-state index contributed by atoms with van der Waals surface area (Å²) in [4.78, 5) is 12.2. The standard InChI is InChI=1S/C18H35NO3Si/c1-11-9-8-10-13(16(11)20)15-14(17(21)19-15)12(2)22-23(6,7)18(3,4)5/h11-16,20H,8-10H2,1-7H3,(H,19,21)/t11-,12+,13+,14+,15+,16+/m0/s1. The van der Waals surface area contributed by atoms with Gasteiger partial charge in [0, 0.05) is 12.0 Å². The molecule has 0 aromatic heterocycles. The first kappa shape index (κ1) is 18.9. The summed E-state index contributed by atoms with van der Waals surface area (Å²) in [6.45, 7) is 15.3. The van der Waals surface area contributed by atoms with E-state index < -0.39 is 8.32 Å². The van der Waals surface area contributed by atoms with E-state index in [0.717, 1.165) is 19.3 Å². The smallest absolute Gasteiger partial charge is 0.228 e. The van der Waals surface area contributed by atoms with Gasteiger partial charge in [-0.15, -0.1) is 0 Å². The summed E-state index contributed by atoms with van der Waals surface area (Å²) in [6, 6.07) is 0.0695. The van der Waals surface area contributed by atoms with Gasteiger partial charge in [-0.05, 0) is 43.8 Å². The molecule has 2 rings (SSSR count). The molecule has 1 heterocycles. The molecule has 0 bridgehead atoms. The van der Waals surface area contributed by atoms with Crippen LogP contribution in [0.2, 0.25) is 18.1 Å². The molecule has 1 amide bonds. The normalized spacial score (nSPS) is 37.0. The molecule has 134 valence electrons. The van der Waals surface area contributed by atoms with Crippen molar-refractivity contribution >= 4 is 14.2 Å². The number of β-lactam (4-membered cyclic amide) rings is 1. The number of nitrogens with one attached hydrogen (secondary N) is 1. The molecule has 0 radical (unpaired) electrons. The largest absolute Gasteiger partial charge is 0.413 e. The van der Waals surface area contributed by atoms with E-state index in [1.54, 1.807) is 0 Å². The first-order valence-electron chi connectivity index (χ1n) is 9.12. The molecule has 0 unspecified atom stereocenters. The molecule has 0 aromatic rings. The highest BCUT2D eigenvalue weighted by molar-refractivity contribution is 6.74. The molecular formula is C18H35NO3Si. The number of aliphatic hydroxyl groups excluding tert-OH is 1. The van der Waals surface area contributed by atoms with E-state index in [9.17, 15) is 9.90 Å². The summed E-state index contributed by atoms with van der Waals surface area (Å²) >= 11 is 0. The maximum atomic E-state index is 12.2. The monoisotopic (exact) mass is 341 g/mol. The molecule has 6 atom stereocenters. The fourth-order valence-electron chi connectivity index (χ4n) is 3.84. The number of carbonyl (C=O) groups excluding carboxylic acids is 1. The molecule has 0 aromatic carbocycles. The second-order valence-corrected chi connectivity index (χ2v) is 14.0. The Morgan fingerprint density at radius 3 is 2.43 bits per heavy atom. The highest BCUT2D eigenvalue weighted by Gasteiger charge is 2.52. The Morgan fingerprint density at radius 1 is 1.30 bits per heavy atom. The molecule has 1 saturated heterocycles. The fraction of sp³-hybridized carbons (Fsp3) is 0.944. The Bertz CT molecular complexity index is 446. The molecule has 0 spiro atoms. The molecule has 4 nitrogen and oxygen atoms in total. The van der Waals surface area contributed by atoms with Gasteiger partial charge in [-0.1, -0.05) is 34.1 Å². The van der Waals surface area contributed by atoms with Crippen molar-refractivity contribution in [2.45, 2.75) is 90.3 Å². The average molecular weight is 342 g/mol. The number of carbonyl (C=O) groups is 1. The zero-order chi connectivity index (χ0) is 17.6. The van der Waals surface area contributed by atoms with Crippen molar-refractivity contribution < 1.29 is 14.3 Å². The van der Waals surface area contributed by atoms with Gasteiger partial charge in [0.15, 0.2) is 8.32 Å². The minimum Gasteiger partial charge on any atom is -0.413 e. The number of rotatable bonds is 4. The van der Waals surface area contributed by atoms with Crippen LogP contribution in [0.25, 0.3) is 0 Å². The van der Waals surface area contributed by atoms with Crippen molar-refractivity contribution in [2.75, 3.05) is 0 Å². The zero-order valence-corrected chi connectivity index (χ0v) is 16.8. The Morgan fingerprint density at radius 2 is 1.91 bits per heavy atom. The van der Waals surface area contributed by atoms with Crippen molar-refractivity contribution in [2.24, 2.45) is 17.8 Å². The molecule has 1 aliphatic carbocycles. The summed E-state index contributed by atoms with van der Waals surface area (Å²) in [5.74, 6) is 0.469. The van der Waals surface area contributed by atoms with Crippen molar-refractivity contribution in [3.63, 3.8) is 0 Å². The van der Waals surface area contributed by atoms with E-state index in [4.69, 9.17) is 4.43 Å². The summed E-state index contributed by atoms with van der Waals surface area (Å²) in [7, 11) is -1.89. The van der Waals surface area contributed by atoms with E-state index in [-0.39, 0.29) is 41.0 Å². The predicted molar refractivity (Wildman–Crippen MR) is 95.7 cm³/mol. The van der Waals surface area contributed by atoms with Crippen LogP contribution in [0, 0.1) is 17.8 Å². The first-order valence-corrected chi connectivity index (χ1v) is 12.0. The van der Waals surface area contributed by atoms with Crippen LogP contribution >= 0.6 is 0 Å². The maximum Gasteiger partial charge on any atom is 0.228 e. The van der Waals surface area contributed by atoms with Gasteiger partial charge >= 0.3 is 0 Å². The van der Waals surface area contributed by atoms with E-state index in [1.807, 2.05) is 6.92 Å². The number of hydrogen-bond acceptors (Lipinski definition) is 3. The molecule has 1 aliphatic heterocycles. The van der Waals surface area contributed by atoms with Gasteiger partial charge in [0.2, 0.25) is 5.91 Å². The van der Waals surface area contributed by atoms with E-state index >= 15 is 0 Å². The van der Waals surface area contributed by atoms with Crippen LogP contribution < -0.4 is 5.32 Å². The van der Waals surface area contributed by atoms with Crippen molar-refractivity contribution in [3.8, 4) is 0 Å². The van der Waals surface area contributed by atoms with Crippen LogP contribution in [0.15, 0.2) is 0 Å². The van der Waals surface area contributed by atoms with Gasteiger partial charge in [0.25, 0.3) is 0 Å². The van der Waals surface area contributed by atoms with Gasteiger partial charge in [-0.2, -0.15) is 0 Å². The molecule has 1 saturated carbocycles. The van der Waals surface area contributed by atoms with E-state index in [2.05, 4.69) is 46.1 Å². The lowest BCUT2D eigenvalue weighted by Gasteiger charge is -2.50. The van der Waals surface area contributed by atoms with Gasteiger partial charge in [0.05, 0.1) is 18.1 Å². The Labute approximate surface area is 142 Å². The molecule has 5 heteroatoms. The minimum absolute atomic E-state index is 0.0695. The Kier molecular flexibility index (Phi) is 5.34. The summed E-state index contributed by atoms with van der Waals surface area (Å²) < 4.78 is 6.46. The predicted octanol–water partition coefficient (Wildman–Crippen LogP) is 3.31. The average Bonchev–Trinajstić information content (AvgIpc) is 2.37. The summed E-state index contributed by atoms with van der Waals surface area (Å²) in [6.07, 6.45) is 2.83. The van der Waals surface area contributed by atoms with Gasteiger partial charge < -0.3 is 14.8 Å².